The number of benzene rings is 2. The number of ketones is 2. The molecule has 0 fully saturated rings. The lowest BCUT2D eigenvalue weighted by molar-refractivity contribution is 0.0984. The highest BCUT2D eigenvalue weighted by atomic mass is 32.2. The van der Waals surface area contributed by atoms with Crippen molar-refractivity contribution in [1.82, 2.24) is 4.98 Å². The van der Waals surface area contributed by atoms with E-state index in [0.29, 0.717) is 15.4 Å². The van der Waals surface area contributed by atoms with Crippen molar-refractivity contribution in [3.63, 3.8) is 0 Å². The number of fused-ring (bicyclic) bond motifs is 1. The van der Waals surface area contributed by atoms with E-state index in [-0.39, 0.29) is 17.3 Å². The summed E-state index contributed by atoms with van der Waals surface area (Å²) in [6.45, 7) is 4.01. The zero-order chi connectivity index (χ0) is 19.7. The lowest BCUT2D eigenvalue weighted by Crippen LogP contribution is -2.21. The summed E-state index contributed by atoms with van der Waals surface area (Å²) in [6.07, 6.45) is 1.55. The fourth-order valence-electron chi connectivity index (χ4n) is 2.98. The number of carbonyl (C=O) groups is 2. The van der Waals surface area contributed by atoms with Crippen molar-refractivity contribution in [1.29, 1.82) is 0 Å². The molecule has 1 aliphatic carbocycles. The summed E-state index contributed by atoms with van der Waals surface area (Å²) in [4.78, 5) is 33.4. The van der Waals surface area contributed by atoms with Gasteiger partial charge < -0.3 is 0 Å². The zero-order valence-electron chi connectivity index (χ0n) is 15.4. The van der Waals surface area contributed by atoms with Gasteiger partial charge in [0.25, 0.3) is 0 Å². The maximum Gasteiger partial charge on any atom is 0.220 e. The van der Waals surface area contributed by atoms with Gasteiger partial charge in [-0.1, -0.05) is 58.9 Å². The van der Waals surface area contributed by atoms with Crippen LogP contribution in [-0.2, 0) is 0 Å². The summed E-state index contributed by atoms with van der Waals surface area (Å²) in [7, 11) is 0. The SMILES string of the molecule is Cc1cccc(SC2=C(Sc3cccc(C)c3)C(=O)c3ncccc3C2=O)c1. The Morgan fingerprint density at radius 2 is 1.29 bits per heavy atom. The van der Waals surface area contributed by atoms with Gasteiger partial charge in [0.15, 0.2) is 0 Å². The van der Waals surface area contributed by atoms with Gasteiger partial charge in [0.2, 0.25) is 11.6 Å². The first kappa shape index (κ1) is 18.7. The minimum atomic E-state index is -0.197. The number of aryl methyl sites for hydroxylation is 2. The Balaban J connectivity index is 1.83. The smallest absolute Gasteiger partial charge is 0.220 e. The highest BCUT2D eigenvalue weighted by Gasteiger charge is 2.34. The van der Waals surface area contributed by atoms with Gasteiger partial charge in [-0.25, -0.2) is 0 Å². The number of nitrogens with zero attached hydrogens (tertiary/aromatic N) is 1. The van der Waals surface area contributed by atoms with Gasteiger partial charge in [0.1, 0.15) is 5.69 Å². The molecule has 0 radical (unpaired) electrons. The third-order valence-electron chi connectivity index (χ3n) is 4.31. The summed E-state index contributed by atoms with van der Waals surface area (Å²) < 4.78 is 0. The number of pyridine rings is 1. The third-order valence-corrected chi connectivity index (χ3v) is 6.60. The second-order valence-corrected chi connectivity index (χ2v) is 8.72. The van der Waals surface area contributed by atoms with Crippen molar-refractivity contribution in [2.75, 3.05) is 0 Å². The van der Waals surface area contributed by atoms with Crippen molar-refractivity contribution in [2.24, 2.45) is 0 Å². The average molecular weight is 404 g/mol. The number of hydrogen-bond acceptors (Lipinski definition) is 5. The van der Waals surface area contributed by atoms with Crippen molar-refractivity contribution in [3.05, 3.63) is 99.1 Å². The van der Waals surface area contributed by atoms with Crippen molar-refractivity contribution in [3.8, 4) is 0 Å². The van der Waals surface area contributed by atoms with Crippen LogP contribution in [-0.4, -0.2) is 16.6 Å². The molecule has 0 unspecified atom stereocenters. The second-order valence-electron chi connectivity index (χ2n) is 6.55. The molecule has 0 atom stereocenters. The Morgan fingerprint density at radius 3 is 1.86 bits per heavy atom. The molecule has 5 heteroatoms. The van der Waals surface area contributed by atoms with E-state index in [1.165, 1.54) is 23.5 Å². The Kier molecular flexibility index (Phi) is 5.20. The third kappa shape index (κ3) is 3.68. The summed E-state index contributed by atoms with van der Waals surface area (Å²) in [5, 5.41) is 0. The van der Waals surface area contributed by atoms with Crippen LogP contribution in [0.3, 0.4) is 0 Å². The van der Waals surface area contributed by atoms with Crippen LogP contribution < -0.4 is 0 Å². The summed E-state index contributed by atoms with van der Waals surface area (Å²) in [6, 6.07) is 19.2. The molecule has 0 bridgehead atoms. The molecule has 3 aromatic rings. The summed E-state index contributed by atoms with van der Waals surface area (Å²) in [5.41, 5.74) is 2.81. The largest absolute Gasteiger partial charge is 0.288 e. The number of aromatic nitrogens is 1. The Morgan fingerprint density at radius 1 is 0.714 bits per heavy atom. The highest BCUT2D eigenvalue weighted by Crippen LogP contribution is 2.43. The normalized spacial score (nSPS) is 13.6. The van der Waals surface area contributed by atoms with Gasteiger partial charge in [-0.05, 0) is 50.2 Å². The van der Waals surface area contributed by atoms with Crippen molar-refractivity contribution >= 4 is 35.1 Å². The first-order valence-corrected chi connectivity index (χ1v) is 10.4. The minimum Gasteiger partial charge on any atom is -0.288 e. The van der Waals surface area contributed by atoms with Gasteiger partial charge in [-0.15, -0.1) is 0 Å². The minimum absolute atomic E-state index is 0.149. The number of rotatable bonds is 4. The van der Waals surface area contributed by atoms with E-state index in [4.69, 9.17) is 0 Å². The van der Waals surface area contributed by atoms with Crippen LogP contribution in [0.4, 0.5) is 0 Å². The van der Waals surface area contributed by atoms with E-state index < -0.39 is 0 Å². The maximum atomic E-state index is 13.2. The number of allylic oxidation sites excluding steroid dienone is 2. The number of carbonyl (C=O) groups excluding carboxylic acids is 2. The summed E-state index contributed by atoms with van der Waals surface area (Å²) >= 11 is 2.68. The molecule has 0 amide bonds. The molecular weight excluding hydrogens is 386 g/mol. The van der Waals surface area contributed by atoms with Gasteiger partial charge in [0.05, 0.1) is 15.4 Å². The molecule has 0 saturated heterocycles. The lowest BCUT2D eigenvalue weighted by atomic mass is 10.00. The average Bonchev–Trinajstić information content (AvgIpc) is 2.69. The van der Waals surface area contributed by atoms with Crippen LogP contribution >= 0.6 is 23.5 Å². The highest BCUT2D eigenvalue weighted by molar-refractivity contribution is 8.08. The molecule has 1 aliphatic rings. The molecule has 2 aromatic carbocycles. The van der Waals surface area contributed by atoms with Crippen molar-refractivity contribution in [2.45, 2.75) is 23.6 Å². The van der Waals surface area contributed by atoms with Gasteiger partial charge in [-0.2, -0.15) is 0 Å². The van der Waals surface area contributed by atoms with Crippen LogP contribution in [0, 0.1) is 13.8 Å². The standard InChI is InChI=1S/C23H17NO2S2/c1-14-6-3-8-16(12-14)27-22-20(25)18-10-5-11-24-19(18)21(26)23(22)28-17-9-4-7-15(2)13-17/h3-13H,1-2H3. The Hall–Kier alpha value is -2.63. The van der Waals surface area contributed by atoms with E-state index in [2.05, 4.69) is 4.98 Å². The number of Topliss-reactive ketones (excluding diaryl/α,β-unsaturated/α-hetero) is 2. The van der Waals surface area contributed by atoms with Crippen LogP contribution in [0.2, 0.25) is 0 Å². The quantitative estimate of drug-likeness (QED) is 0.545. The monoisotopic (exact) mass is 403 g/mol. The van der Waals surface area contributed by atoms with E-state index in [1.807, 2.05) is 62.4 Å². The van der Waals surface area contributed by atoms with Crippen LogP contribution in [0.5, 0.6) is 0 Å². The van der Waals surface area contributed by atoms with Crippen LogP contribution in [0.15, 0.2) is 86.5 Å². The van der Waals surface area contributed by atoms with Crippen molar-refractivity contribution < 1.29 is 9.59 Å². The van der Waals surface area contributed by atoms with Crippen LogP contribution in [0.1, 0.15) is 32.0 Å². The van der Waals surface area contributed by atoms with E-state index in [9.17, 15) is 9.59 Å². The first-order valence-electron chi connectivity index (χ1n) is 8.80. The Bertz CT molecular complexity index is 1050. The second kappa shape index (κ2) is 7.78. The lowest BCUT2D eigenvalue weighted by Gasteiger charge is -2.19. The molecule has 28 heavy (non-hydrogen) atoms. The number of hydrogen-bond donors (Lipinski definition) is 0. The van der Waals surface area contributed by atoms with E-state index in [1.54, 1.807) is 18.3 Å². The molecule has 0 saturated carbocycles. The molecule has 0 N–H and O–H groups in total. The molecular formula is C23H17NO2S2. The molecule has 4 rings (SSSR count). The van der Waals surface area contributed by atoms with Gasteiger partial charge >= 0.3 is 0 Å². The Labute approximate surface area is 172 Å². The molecule has 138 valence electrons. The molecule has 1 heterocycles. The zero-order valence-corrected chi connectivity index (χ0v) is 17.1. The van der Waals surface area contributed by atoms with Gasteiger partial charge in [-0.3, -0.25) is 14.6 Å². The van der Waals surface area contributed by atoms with E-state index >= 15 is 0 Å². The predicted molar refractivity (Wildman–Crippen MR) is 114 cm³/mol. The molecule has 0 aliphatic heterocycles. The summed E-state index contributed by atoms with van der Waals surface area (Å²) in [5.74, 6) is -0.346. The van der Waals surface area contributed by atoms with Gasteiger partial charge in [0, 0.05) is 16.0 Å². The number of thioether (sulfide) groups is 2. The maximum absolute atomic E-state index is 13.2. The molecule has 1 aromatic heterocycles. The fourth-order valence-corrected chi connectivity index (χ4v) is 5.25. The van der Waals surface area contributed by atoms with E-state index in [0.717, 1.165) is 20.9 Å². The van der Waals surface area contributed by atoms with Crippen LogP contribution in [0.25, 0.3) is 0 Å². The topological polar surface area (TPSA) is 47.0 Å². The molecule has 0 spiro atoms. The fraction of sp³-hybridized carbons (Fsp3) is 0.0870. The molecule has 3 nitrogen and oxygen atoms in total. The first-order chi connectivity index (χ1) is 13.5. The predicted octanol–water partition coefficient (Wildman–Crippen LogP) is 5.87.